The number of nitrogens with zero attached hydrogens (tertiary/aromatic N) is 2. The number of ether oxygens (including phenoxy) is 2. The summed E-state index contributed by atoms with van der Waals surface area (Å²) in [6.45, 7) is 4.15. The molecule has 4 nitrogen and oxygen atoms in total. The standard InChI is InChI=1S/C34H26N2O2/c1-23-13-17-25(18-14-23)29-21-31-32(35-33(29)37-27-9-5-3-6-10-27)22-30(26-19-15-24(2)16-20-26)34(36-31)38-28-11-7-4-8-12-28/h3-22H,1-2H3. The lowest BCUT2D eigenvalue weighted by molar-refractivity contribution is 0.464. The summed E-state index contributed by atoms with van der Waals surface area (Å²) in [5.41, 5.74) is 7.56. The van der Waals surface area contributed by atoms with Gasteiger partial charge in [0.15, 0.2) is 0 Å². The van der Waals surface area contributed by atoms with Gasteiger partial charge in [0.05, 0.1) is 11.0 Å². The number of benzene rings is 4. The Kier molecular flexibility index (Phi) is 6.29. The predicted octanol–water partition coefficient (Wildman–Crippen LogP) is 9.17. The van der Waals surface area contributed by atoms with Gasteiger partial charge in [-0.2, -0.15) is 0 Å². The first kappa shape index (κ1) is 23.4. The van der Waals surface area contributed by atoms with Crippen molar-refractivity contribution in [1.82, 2.24) is 9.97 Å². The van der Waals surface area contributed by atoms with E-state index in [0.717, 1.165) is 44.8 Å². The molecule has 0 saturated heterocycles. The van der Waals surface area contributed by atoms with Crippen molar-refractivity contribution >= 4 is 11.0 Å². The Morgan fingerprint density at radius 2 is 0.816 bits per heavy atom. The molecule has 0 amide bonds. The van der Waals surface area contributed by atoms with E-state index in [-0.39, 0.29) is 0 Å². The Hall–Kier alpha value is -4.96. The highest BCUT2D eigenvalue weighted by atomic mass is 16.5. The number of pyridine rings is 2. The Bertz CT molecular complexity index is 1570. The van der Waals surface area contributed by atoms with Crippen LogP contribution in [0.3, 0.4) is 0 Å². The molecule has 0 bridgehead atoms. The Morgan fingerprint density at radius 3 is 1.18 bits per heavy atom. The summed E-state index contributed by atoms with van der Waals surface area (Å²) in [7, 11) is 0. The lowest BCUT2D eigenvalue weighted by atomic mass is 10.0. The number of hydrogen-bond donors (Lipinski definition) is 0. The molecule has 2 heterocycles. The molecule has 0 fully saturated rings. The zero-order valence-corrected chi connectivity index (χ0v) is 21.3. The van der Waals surface area contributed by atoms with Crippen LogP contribution >= 0.6 is 0 Å². The van der Waals surface area contributed by atoms with Crippen molar-refractivity contribution in [3.05, 3.63) is 132 Å². The zero-order chi connectivity index (χ0) is 25.9. The molecule has 0 spiro atoms. The summed E-state index contributed by atoms with van der Waals surface area (Å²) in [6, 6.07) is 40.2. The number of rotatable bonds is 6. The first-order valence-corrected chi connectivity index (χ1v) is 12.6. The maximum absolute atomic E-state index is 6.32. The second-order valence-corrected chi connectivity index (χ2v) is 9.28. The normalized spacial score (nSPS) is 10.9. The summed E-state index contributed by atoms with van der Waals surface area (Å²) in [5, 5.41) is 0. The lowest BCUT2D eigenvalue weighted by Gasteiger charge is -2.15. The van der Waals surface area contributed by atoms with E-state index in [4.69, 9.17) is 19.4 Å². The highest BCUT2D eigenvalue weighted by Gasteiger charge is 2.17. The second-order valence-electron chi connectivity index (χ2n) is 9.28. The van der Waals surface area contributed by atoms with Gasteiger partial charge in [0, 0.05) is 11.1 Å². The summed E-state index contributed by atoms with van der Waals surface area (Å²) in [5.74, 6) is 2.51. The predicted molar refractivity (Wildman–Crippen MR) is 153 cm³/mol. The van der Waals surface area contributed by atoms with E-state index in [1.807, 2.05) is 72.8 Å². The minimum Gasteiger partial charge on any atom is -0.438 e. The molecule has 0 N–H and O–H groups in total. The van der Waals surface area contributed by atoms with Gasteiger partial charge in [-0.05, 0) is 61.4 Å². The Morgan fingerprint density at radius 1 is 0.447 bits per heavy atom. The molecular formula is C34H26N2O2. The number of hydrogen-bond acceptors (Lipinski definition) is 4. The van der Waals surface area contributed by atoms with E-state index in [0.29, 0.717) is 11.8 Å². The summed E-state index contributed by atoms with van der Waals surface area (Å²) < 4.78 is 12.6. The van der Waals surface area contributed by atoms with Crippen LogP contribution in [0.4, 0.5) is 0 Å². The fourth-order valence-electron chi connectivity index (χ4n) is 4.30. The van der Waals surface area contributed by atoms with Gasteiger partial charge < -0.3 is 9.47 Å². The van der Waals surface area contributed by atoms with E-state index in [9.17, 15) is 0 Å². The first-order valence-electron chi connectivity index (χ1n) is 12.6. The maximum atomic E-state index is 6.32. The average Bonchev–Trinajstić information content (AvgIpc) is 2.95. The smallest absolute Gasteiger partial charge is 0.227 e. The van der Waals surface area contributed by atoms with Crippen LogP contribution in [0.2, 0.25) is 0 Å². The molecular weight excluding hydrogens is 468 g/mol. The van der Waals surface area contributed by atoms with Gasteiger partial charge in [-0.3, -0.25) is 0 Å². The quantitative estimate of drug-likeness (QED) is 0.231. The SMILES string of the molecule is Cc1ccc(-c2cc3nc(Oc4ccccc4)c(-c4ccc(C)cc4)cc3nc2Oc2ccccc2)cc1. The van der Waals surface area contributed by atoms with Crippen molar-refractivity contribution in [2.45, 2.75) is 13.8 Å². The van der Waals surface area contributed by atoms with Gasteiger partial charge in [-0.25, -0.2) is 9.97 Å². The van der Waals surface area contributed by atoms with Crippen molar-refractivity contribution in [3.8, 4) is 45.5 Å². The minimum absolute atomic E-state index is 0.529. The van der Waals surface area contributed by atoms with E-state index in [2.05, 4.69) is 62.4 Å². The van der Waals surface area contributed by atoms with Gasteiger partial charge >= 0.3 is 0 Å². The summed E-state index contributed by atoms with van der Waals surface area (Å²) in [4.78, 5) is 9.96. The molecule has 6 rings (SSSR count). The van der Waals surface area contributed by atoms with E-state index in [1.54, 1.807) is 0 Å². The first-order chi connectivity index (χ1) is 18.6. The third kappa shape index (κ3) is 4.97. The lowest BCUT2D eigenvalue weighted by Crippen LogP contribution is -1.98. The largest absolute Gasteiger partial charge is 0.438 e. The third-order valence-corrected chi connectivity index (χ3v) is 6.37. The van der Waals surface area contributed by atoms with Crippen LogP contribution < -0.4 is 9.47 Å². The van der Waals surface area contributed by atoms with Crippen LogP contribution in [0.5, 0.6) is 23.3 Å². The van der Waals surface area contributed by atoms with Crippen LogP contribution in [-0.2, 0) is 0 Å². The monoisotopic (exact) mass is 494 g/mol. The Balaban J connectivity index is 1.55. The van der Waals surface area contributed by atoms with Crippen LogP contribution in [0.25, 0.3) is 33.3 Å². The number of aryl methyl sites for hydroxylation is 2. The molecule has 0 unspecified atom stereocenters. The molecule has 0 aliphatic heterocycles. The summed E-state index contributed by atoms with van der Waals surface area (Å²) in [6.07, 6.45) is 0. The van der Waals surface area contributed by atoms with Crippen molar-refractivity contribution in [2.24, 2.45) is 0 Å². The molecule has 0 aliphatic carbocycles. The van der Waals surface area contributed by atoms with Crippen molar-refractivity contribution < 1.29 is 9.47 Å². The van der Waals surface area contributed by atoms with E-state index < -0.39 is 0 Å². The Labute approximate surface area is 222 Å². The molecule has 38 heavy (non-hydrogen) atoms. The highest BCUT2D eigenvalue weighted by Crippen LogP contribution is 2.38. The second kappa shape index (κ2) is 10.2. The number of fused-ring (bicyclic) bond motifs is 1. The van der Waals surface area contributed by atoms with Gasteiger partial charge in [0.2, 0.25) is 11.8 Å². The summed E-state index contributed by atoms with van der Waals surface area (Å²) >= 11 is 0. The molecule has 0 radical (unpaired) electrons. The molecule has 0 aliphatic rings. The molecule has 4 heteroatoms. The molecule has 6 aromatic rings. The maximum Gasteiger partial charge on any atom is 0.227 e. The molecule has 184 valence electrons. The number of para-hydroxylation sites is 2. The fourth-order valence-corrected chi connectivity index (χ4v) is 4.30. The van der Waals surface area contributed by atoms with Crippen molar-refractivity contribution in [3.63, 3.8) is 0 Å². The van der Waals surface area contributed by atoms with Gasteiger partial charge in [0.25, 0.3) is 0 Å². The number of aromatic nitrogens is 2. The van der Waals surface area contributed by atoms with Crippen LogP contribution in [0, 0.1) is 13.8 Å². The van der Waals surface area contributed by atoms with Gasteiger partial charge in [0.1, 0.15) is 11.5 Å². The fraction of sp³-hybridized carbons (Fsp3) is 0.0588. The van der Waals surface area contributed by atoms with Crippen molar-refractivity contribution in [1.29, 1.82) is 0 Å². The van der Waals surface area contributed by atoms with Crippen LogP contribution in [0.15, 0.2) is 121 Å². The molecule has 0 atom stereocenters. The average molecular weight is 495 g/mol. The third-order valence-electron chi connectivity index (χ3n) is 6.37. The van der Waals surface area contributed by atoms with Crippen LogP contribution in [-0.4, -0.2) is 9.97 Å². The molecule has 0 saturated carbocycles. The molecule has 2 aromatic heterocycles. The van der Waals surface area contributed by atoms with Crippen LogP contribution in [0.1, 0.15) is 11.1 Å². The van der Waals surface area contributed by atoms with E-state index >= 15 is 0 Å². The zero-order valence-electron chi connectivity index (χ0n) is 21.3. The van der Waals surface area contributed by atoms with E-state index in [1.165, 1.54) is 11.1 Å². The van der Waals surface area contributed by atoms with Gasteiger partial charge in [-0.1, -0.05) is 96.1 Å². The minimum atomic E-state index is 0.529. The van der Waals surface area contributed by atoms with Gasteiger partial charge in [-0.15, -0.1) is 0 Å². The van der Waals surface area contributed by atoms with Crippen molar-refractivity contribution in [2.75, 3.05) is 0 Å². The highest BCUT2D eigenvalue weighted by molar-refractivity contribution is 5.88. The molecule has 4 aromatic carbocycles. The topological polar surface area (TPSA) is 44.2 Å².